The molecule has 0 aromatic heterocycles. The Hall–Kier alpha value is -1.98. The third kappa shape index (κ3) is 3.85. The van der Waals surface area contributed by atoms with Crippen LogP contribution >= 0.6 is 0 Å². The van der Waals surface area contributed by atoms with Gasteiger partial charge in [0.25, 0.3) is 5.91 Å². The van der Waals surface area contributed by atoms with Gasteiger partial charge < -0.3 is 9.80 Å². The molecule has 0 N–H and O–H groups in total. The van der Waals surface area contributed by atoms with Crippen LogP contribution in [0.3, 0.4) is 0 Å². The molecule has 0 spiro atoms. The first-order valence-corrected chi connectivity index (χ1v) is 10.1. The maximum absolute atomic E-state index is 13.9. The molecule has 3 fully saturated rings. The summed E-state index contributed by atoms with van der Waals surface area (Å²) in [5.74, 6) is -1.74. The van der Waals surface area contributed by atoms with E-state index in [0.717, 1.165) is 37.8 Å². The summed E-state index contributed by atoms with van der Waals surface area (Å²) < 4.78 is 26.9. The van der Waals surface area contributed by atoms with Crippen LogP contribution in [0.2, 0.25) is 0 Å². The van der Waals surface area contributed by atoms with Gasteiger partial charge in [0.1, 0.15) is 11.6 Å². The molecule has 2 aliphatic carbocycles. The highest BCUT2D eigenvalue weighted by Crippen LogP contribution is 2.37. The molecule has 0 unspecified atom stereocenters. The average Bonchev–Trinajstić information content (AvgIpc) is 3.35. The first kappa shape index (κ1) is 18.4. The van der Waals surface area contributed by atoms with E-state index < -0.39 is 17.5 Å². The van der Waals surface area contributed by atoms with Crippen molar-refractivity contribution in [1.82, 2.24) is 9.80 Å². The minimum absolute atomic E-state index is 0.0479. The second-order valence-corrected chi connectivity index (χ2v) is 8.11. The van der Waals surface area contributed by atoms with Crippen LogP contribution in [-0.2, 0) is 4.79 Å². The number of nitrogens with zero attached hydrogens (tertiary/aromatic N) is 2. The quantitative estimate of drug-likeness (QED) is 0.803. The van der Waals surface area contributed by atoms with Gasteiger partial charge in [-0.25, -0.2) is 8.78 Å². The van der Waals surface area contributed by atoms with Crippen LogP contribution < -0.4 is 0 Å². The summed E-state index contributed by atoms with van der Waals surface area (Å²) in [4.78, 5) is 29.4. The van der Waals surface area contributed by atoms with E-state index in [1.165, 1.54) is 18.9 Å². The van der Waals surface area contributed by atoms with E-state index >= 15 is 0 Å². The molecule has 6 heteroatoms. The fraction of sp³-hybridized carbons (Fsp3) is 0.619. The van der Waals surface area contributed by atoms with Gasteiger partial charge >= 0.3 is 0 Å². The van der Waals surface area contributed by atoms with Gasteiger partial charge in [-0.05, 0) is 50.7 Å². The Morgan fingerprint density at radius 1 is 0.926 bits per heavy atom. The van der Waals surface area contributed by atoms with Crippen molar-refractivity contribution in [1.29, 1.82) is 0 Å². The van der Waals surface area contributed by atoms with Gasteiger partial charge in [0.2, 0.25) is 5.91 Å². The number of amides is 2. The van der Waals surface area contributed by atoms with Crippen LogP contribution in [0.15, 0.2) is 18.2 Å². The largest absolute Gasteiger partial charge is 0.339 e. The fourth-order valence-electron chi connectivity index (χ4n) is 4.57. The molecule has 146 valence electrons. The molecule has 3 aliphatic rings. The predicted octanol–water partition coefficient (Wildman–Crippen LogP) is 3.75. The molecular weight excluding hydrogens is 350 g/mol. The van der Waals surface area contributed by atoms with Crippen molar-refractivity contribution < 1.29 is 18.4 Å². The second-order valence-electron chi connectivity index (χ2n) is 8.11. The Labute approximate surface area is 158 Å². The van der Waals surface area contributed by atoms with E-state index in [9.17, 15) is 18.4 Å². The van der Waals surface area contributed by atoms with E-state index in [1.807, 2.05) is 0 Å². The number of piperidine rings is 1. The summed E-state index contributed by atoms with van der Waals surface area (Å²) in [6, 6.07) is 3.85. The van der Waals surface area contributed by atoms with Crippen molar-refractivity contribution in [3.8, 4) is 0 Å². The number of rotatable bonds is 4. The SMILES string of the molecule is O=C(c1ccc(F)cc1F)N1CCC(C(=O)N(C2CCCC2)C2CC2)CC1. The number of hydrogen-bond donors (Lipinski definition) is 0. The van der Waals surface area contributed by atoms with Crippen LogP contribution in [0.25, 0.3) is 0 Å². The van der Waals surface area contributed by atoms with Crippen molar-refractivity contribution >= 4 is 11.8 Å². The highest BCUT2D eigenvalue weighted by Gasteiger charge is 2.41. The molecule has 1 aliphatic heterocycles. The maximum Gasteiger partial charge on any atom is 0.256 e. The lowest BCUT2D eigenvalue weighted by Gasteiger charge is -2.37. The van der Waals surface area contributed by atoms with E-state index in [-0.39, 0.29) is 17.4 Å². The summed E-state index contributed by atoms with van der Waals surface area (Å²) in [7, 11) is 0. The zero-order valence-corrected chi connectivity index (χ0v) is 15.5. The van der Waals surface area contributed by atoms with Crippen molar-refractivity contribution in [2.75, 3.05) is 13.1 Å². The molecule has 0 bridgehead atoms. The van der Waals surface area contributed by atoms with Gasteiger partial charge in [-0.1, -0.05) is 12.8 Å². The molecule has 2 saturated carbocycles. The van der Waals surface area contributed by atoms with Crippen molar-refractivity contribution in [3.05, 3.63) is 35.4 Å². The molecule has 1 heterocycles. The molecule has 1 saturated heterocycles. The molecule has 2 amide bonds. The normalized spacial score (nSPS) is 21.5. The predicted molar refractivity (Wildman–Crippen MR) is 97.1 cm³/mol. The van der Waals surface area contributed by atoms with E-state index in [2.05, 4.69) is 4.90 Å². The minimum atomic E-state index is -0.834. The Morgan fingerprint density at radius 2 is 1.56 bits per heavy atom. The average molecular weight is 376 g/mol. The first-order chi connectivity index (χ1) is 13.0. The lowest BCUT2D eigenvalue weighted by molar-refractivity contribution is -0.140. The van der Waals surface area contributed by atoms with Gasteiger partial charge in [-0.15, -0.1) is 0 Å². The molecule has 27 heavy (non-hydrogen) atoms. The molecule has 4 rings (SSSR count). The Balaban J connectivity index is 1.38. The van der Waals surface area contributed by atoms with E-state index in [0.29, 0.717) is 38.0 Å². The van der Waals surface area contributed by atoms with Gasteiger partial charge in [0.05, 0.1) is 5.56 Å². The summed E-state index contributed by atoms with van der Waals surface area (Å²) >= 11 is 0. The molecule has 1 aromatic rings. The number of carbonyl (C=O) groups is 2. The lowest BCUT2D eigenvalue weighted by atomic mass is 9.93. The fourth-order valence-corrected chi connectivity index (χ4v) is 4.57. The summed E-state index contributed by atoms with van der Waals surface area (Å²) in [6.07, 6.45) is 8.10. The van der Waals surface area contributed by atoms with Crippen LogP contribution in [0, 0.1) is 17.6 Å². The van der Waals surface area contributed by atoms with Crippen molar-refractivity contribution in [3.63, 3.8) is 0 Å². The number of hydrogen-bond acceptors (Lipinski definition) is 2. The first-order valence-electron chi connectivity index (χ1n) is 10.1. The van der Waals surface area contributed by atoms with Crippen LogP contribution in [0.5, 0.6) is 0 Å². The lowest BCUT2D eigenvalue weighted by Crippen LogP contribution is -2.48. The topological polar surface area (TPSA) is 40.6 Å². The van der Waals surface area contributed by atoms with Crippen LogP contribution in [0.4, 0.5) is 8.78 Å². The van der Waals surface area contributed by atoms with Crippen LogP contribution in [0.1, 0.15) is 61.7 Å². The van der Waals surface area contributed by atoms with Gasteiger partial charge in [0, 0.05) is 37.2 Å². The minimum Gasteiger partial charge on any atom is -0.339 e. The summed E-state index contributed by atoms with van der Waals surface area (Å²) in [5, 5.41) is 0. The zero-order valence-electron chi connectivity index (χ0n) is 15.5. The molecule has 1 aromatic carbocycles. The second kappa shape index (κ2) is 7.56. The van der Waals surface area contributed by atoms with Crippen molar-refractivity contribution in [2.45, 2.75) is 63.5 Å². The molecule has 0 radical (unpaired) electrons. The van der Waals surface area contributed by atoms with Gasteiger partial charge in [-0.2, -0.15) is 0 Å². The standard InChI is InChI=1S/C21H26F2N2O2/c22-15-5-8-18(19(23)13-15)21(27)24-11-9-14(10-12-24)20(26)25(17-6-7-17)16-3-1-2-4-16/h5,8,13-14,16-17H,1-4,6-7,9-12H2. The third-order valence-corrected chi connectivity index (χ3v) is 6.21. The smallest absolute Gasteiger partial charge is 0.256 e. The number of carbonyl (C=O) groups excluding carboxylic acids is 2. The molecule has 0 atom stereocenters. The van der Waals surface area contributed by atoms with Gasteiger partial charge in [0.15, 0.2) is 0 Å². The summed E-state index contributed by atoms with van der Waals surface area (Å²) in [5.41, 5.74) is -0.105. The Morgan fingerprint density at radius 3 is 2.15 bits per heavy atom. The van der Waals surface area contributed by atoms with E-state index in [4.69, 9.17) is 0 Å². The number of benzene rings is 1. The third-order valence-electron chi connectivity index (χ3n) is 6.21. The Kier molecular flexibility index (Phi) is 5.15. The van der Waals surface area contributed by atoms with Gasteiger partial charge in [-0.3, -0.25) is 9.59 Å². The highest BCUT2D eigenvalue weighted by molar-refractivity contribution is 5.94. The van der Waals surface area contributed by atoms with Crippen LogP contribution in [-0.4, -0.2) is 46.8 Å². The van der Waals surface area contributed by atoms with E-state index in [1.54, 1.807) is 4.90 Å². The summed E-state index contributed by atoms with van der Waals surface area (Å²) in [6.45, 7) is 0.879. The highest BCUT2D eigenvalue weighted by atomic mass is 19.1. The monoisotopic (exact) mass is 376 g/mol. The number of halogens is 2. The maximum atomic E-state index is 13.9. The Bertz CT molecular complexity index is 721. The van der Waals surface area contributed by atoms with Crippen molar-refractivity contribution in [2.24, 2.45) is 5.92 Å². The zero-order chi connectivity index (χ0) is 19.0. The number of likely N-dealkylation sites (tertiary alicyclic amines) is 1. The molecule has 4 nitrogen and oxygen atoms in total. The molecular formula is C21H26F2N2O2.